The quantitative estimate of drug-likeness (QED) is 0.278. The second-order valence-electron chi connectivity index (χ2n) is 4.98. The van der Waals surface area contributed by atoms with Crippen molar-refractivity contribution in [2.24, 2.45) is 0 Å². The van der Waals surface area contributed by atoms with E-state index in [0.29, 0.717) is 16.8 Å². The summed E-state index contributed by atoms with van der Waals surface area (Å²) in [5.74, 6) is 0. The molecule has 0 aromatic heterocycles. The van der Waals surface area contributed by atoms with E-state index in [1.165, 1.54) is 10.5 Å². The lowest BCUT2D eigenvalue weighted by atomic mass is 10.2. The zero-order valence-corrected chi connectivity index (χ0v) is 14.2. The molecule has 7 heteroatoms. The molecule has 0 radical (unpaired) electrons. The van der Waals surface area contributed by atoms with E-state index in [-0.39, 0.29) is 0 Å². The number of nitrogens with one attached hydrogen (secondary N) is 5. The Balaban J connectivity index is 2.08. The molecule has 0 aliphatic rings. The Morgan fingerprint density at radius 3 is 2.24 bits per heavy atom. The minimum absolute atomic E-state index is 0.515. The Hall–Kier alpha value is -1.44. The lowest BCUT2D eigenvalue weighted by Gasteiger charge is -2.14. The molecule has 0 spiro atoms. The van der Waals surface area contributed by atoms with Crippen LogP contribution in [-0.2, 0) is 6.54 Å². The molecule has 0 saturated heterocycles. The van der Waals surface area contributed by atoms with E-state index in [4.69, 9.17) is 24.4 Å². The van der Waals surface area contributed by atoms with Crippen molar-refractivity contribution in [2.45, 2.75) is 13.0 Å². The molecule has 116 valence electrons. The predicted molar refractivity (Wildman–Crippen MR) is 95.0 cm³/mol. The average Bonchev–Trinajstić information content (AvgIpc) is 2.48. The molecule has 21 heavy (non-hydrogen) atoms. The van der Waals surface area contributed by atoms with Gasteiger partial charge in [-0.1, -0.05) is 30.3 Å². The van der Waals surface area contributed by atoms with E-state index in [2.05, 4.69) is 35.6 Å². The summed E-state index contributed by atoms with van der Waals surface area (Å²) in [6.45, 7) is 2.64. The van der Waals surface area contributed by atoms with Crippen LogP contribution in [0.4, 0.5) is 0 Å². The number of hydrogen-bond acceptors (Lipinski definition) is 2. The van der Waals surface area contributed by atoms with Gasteiger partial charge in [0.05, 0.1) is 20.6 Å². The first-order chi connectivity index (χ1) is 10.1. The first-order valence-corrected chi connectivity index (χ1v) is 7.80. The van der Waals surface area contributed by atoms with Crippen LogP contribution in [0.25, 0.3) is 0 Å². The van der Waals surface area contributed by atoms with Gasteiger partial charge in [-0.2, -0.15) is 0 Å². The van der Waals surface area contributed by atoms with Crippen LogP contribution in [0.2, 0.25) is 0 Å². The van der Waals surface area contributed by atoms with Gasteiger partial charge in [0.1, 0.15) is 0 Å². The standard InChI is InChI=1S/C14H23N5S2/c1-19(2)10-6-9-15-13(20)17-18-14(21)16-11-12-7-4-3-5-8-12/h3-5,7-8H,6,9-11H2,1-2H3,(H2,15,17,20)(H2,16,18,21)/p+1. The number of hydrazine groups is 1. The van der Waals surface area contributed by atoms with E-state index in [1.54, 1.807) is 0 Å². The smallest absolute Gasteiger partial charge is 0.185 e. The van der Waals surface area contributed by atoms with Gasteiger partial charge in [-0.3, -0.25) is 10.9 Å². The van der Waals surface area contributed by atoms with E-state index in [9.17, 15) is 0 Å². The van der Waals surface area contributed by atoms with Gasteiger partial charge < -0.3 is 15.5 Å². The fourth-order valence-electron chi connectivity index (χ4n) is 1.62. The molecule has 1 aromatic carbocycles. The Morgan fingerprint density at radius 2 is 1.62 bits per heavy atom. The number of benzene rings is 1. The van der Waals surface area contributed by atoms with Crippen molar-refractivity contribution in [2.75, 3.05) is 27.2 Å². The lowest BCUT2D eigenvalue weighted by molar-refractivity contribution is -0.858. The van der Waals surface area contributed by atoms with E-state index < -0.39 is 0 Å². The lowest BCUT2D eigenvalue weighted by Crippen LogP contribution is -3.05. The largest absolute Gasteiger partial charge is 0.361 e. The maximum Gasteiger partial charge on any atom is 0.185 e. The maximum absolute atomic E-state index is 5.17. The molecule has 0 fully saturated rings. The monoisotopic (exact) mass is 326 g/mol. The predicted octanol–water partition coefficient (Wildman–Crippen LogP) is -0.436. The summed E-state index contributed by atoms with van der Waals surface area (Å²) in [4.78, 5) is 1.43. The molecule has 5 nitrogen and oxygen atoms in total. The van der Waals surface area contributed by atoms with Crippen molar-refractivity contribution in [1.82, 2.24) is 21.5 Å². The summed E-state index contributed by atoms with van der Waals surface area (Å²) in [6, 6.07) is 10.1. The van der Waals surface area contributed by atoms with Crippen molar-refractivity contribution >= 4 is 34.7 Å². The molecule has 1 aromatic rings. The molecule has 0 saturated carbocycles. The summed E-state index contributed by atoms with van der Waals surface area (Å²) in [7, 11) is 4.27. The second kappa shape index (κ2) is 10.3. The number of rotatable bonds is 6. The molecule has 0 heterocycles. The van der Waals surface area contributed by atoms with Crippen LogP contribution in [-0.4, -0.2) is 37.4 Å². The van der Waals surface area contributed by atoms with Crippen molar-refractivity contribution in [3.8, 4) is 0 Å². The average molecular weight is 327 g/mol. The Morgan fingerprint density at radius 1 is 1.00 bits per heavy atom. The van der Waals surface area contributed by atoms with Crippen molar-refractivity contribution in [3.63, 3.8) is 0 Å². The highest BCUT2D eigenvalue weighted by molar-refractivity contribution is 7.80. The third kappa shape index (κ3) is 9.17. The molecular weight excluding hydrogens is 302 g/mol. The molecule has 0 atom stereocenters. The zero-order valence-electron chi connectivity index (χ0n) is 12.5. The summed E-state index contributed by atoms with van der Waals surface area (Å²) in [5.41, 5.74) is 6.90. The zero-order chi connectivity index (χ0) is 15.5. The minimum atomic E-state index is 0.515. The van der Waals surface area contributed by atoms with Gasteiger partial charge in [-0.25, -0.2) is 0 Å². The van der Waals surface area contributed by atoms with Crippen LogP contribution in [0.1, 0.15) is 12.0 Å². The SMILES string of the molecule is C[NH+](C)CCCNC(=S)NNC(=S)NCc1ccccc1. The molecule has 0 unspecified atom stereocenters. The summed E-state index contributed by atoms with van der Waals surface area (Å²) in [6.07, 6.45) is 1.07. The molecule has 0 aliphatic carbocycles. The molecule has 5 N–H and O–H groups in total. The van der Waals surface area contributed by atoms with E-state index in [0.717, 1.165) is 19.5 Å². The minimum Gasteiger partial charge on any atom is -0.361 e. The summed E-state index contributed by atoms with van der Waals surface area (Å²) in [5, 5.41) is 7.29. The fraction of sp³-hybridized carbons (Fsp3) is 0.429. The maximum atomic E-state index is 5.17. The highest BCUT2D eigenvalue weighted by atomic mass is 32.1. The Labute approximate surface area is 137 Å². The van der Waals surface area contributed by atoms with Crippen LogP contribution in [0, 0.1) is 0 Å². The van der Waals surface area contributed by atoms with Gasteiger partial charge in [-0.05, 0) is 30.0 Å². The van der Waals surface area contributed by atoms with Crippen molar-refractivity contribution < 1.29 is 4.90 Å². The third-order valence-electron chi connectivity index (χ3n) is 2.72. The molecular formula is C14H24N5S2+. The van der Waals surface area contributed by atoms with Crippen molar-refractivity contribution in [3.05, 3.63) is 35.9 Å². The summed E-state index contributed by atoms with van der Waals surface area (Å²) < 4.78 is 0. The van der Waals surface area contributed by atoms with Crippen molar-refractivity contribution in [1.29, 1.82) is 0 Å². The fourth-order valence-corrected chi connectivity index (χ4v) is 1.90. The van der Waals surface area contributed by atoms with Gasteiger partial charge in [-0.15, -0.1) is 0 Å². The number of quaternary nitrogens is 1. The number of hydrogen-bond donors (Lipinski definition) is 5. The second-order valence-corrected chi connectivity index (χ2v) is 5.80. The van der Waals surface area contributed by atoms with Gasteiger partial charge in [0.25, 0.3) is 0 Å². The van der Waals surface area contributed by atoms with Gasteiger partial charge in [0.2, 0.25) is 0 Å². The molecule has 0 aliphatic heterocycles. The molecule has 1 rings (SSSR count). The highest BCUT2D eigenvalue weighted by Crippen LogP contribution is 1.96. The van der Waals surface area contributed by atoms with Crippen LogP contribution >= 0.6 is 24.4 Å². The van der Waals surface area contributed by atoms with Crippen LogP contribution in [0.15, 0.2) is 30.3 Å². The topological polar surface area (TPSA) is 52.6 Å². The van der Waals surface area contributed by atoms with E-state index in [1.807, 2.05) is 30.3 Å². The first kappa shape index (κ1) is 17.6. The van der Waals surface area contributed by atoms with Crippen LogP contribution in [0.5, 0.6) is 0 Å². The normalized spacial score (nSPS) is 10.0. The van der Waals surface area contributed by atoms with E-state index >= 15 is 0 Å². The van der Waals surface area contributed by atoms with Gasteiger partial charge >= 0.3 is 0 Å². The van der Waals surface area contributed by atoms with Crippen LogP contribution < -0.4 is 26.4 Å². The van der Waals surface area contributed by atoms with Crippen LogP contribution in [0.3, 0.4) is 0 Å². The van der Waals surface area contributed by atoms with Gasteiger partial charge in [0, 0.05) is 19.5 Å². The number of thiocarbonyl (C=S) groups is 2. The Bertz CT molecular complexity index is 436. The Kier molecular flexibility index (Phi) is 8.65. The first-order valence-electron chi connectivity index (χ1n) is 6.98. The van der Waals surface area contributed by atoms with Gasteiger partial charge in [0.15, 0.2) is 10.2 Å². The molecule has 0 amide bonds. The summed E-state index contributed by atoms with van der Waals surface area (Å²) >= 11 is 10.3. The molecule has 0 bridgehead atoms. The highest BCUT2D eigenvalue weighted by Gasteiger charge is 1.99. The third-order valence-corrected chi connectivity index (χ3v) is 3.22.